The van der Waals surface area contributed by atoms with E-state index in [1.165, 1.54) is 38.5 Å². The fourth-order valence-corrected chi connectivity index (χ4v) is 1.13. The molecule has 0 saturated heterocycles. The van der Waals surface area contributed by atoms with Gasteiger partial charge in [0.1, 0.15) is 0 Å². The second-order valence-electron chi connectivity index (χ2n) is 3.33. The van der Waals surface area contributed by atoms with Crippen LogP contribution in [0.4, 0.5) is 0 Å². The first-order valence-corrected chi connectivity index (χ1v) is 4.91. The Morgan fingerprint density at radius 2 is 1.73 bits per heavy atom. The average molecular weight is 154 g/mol. The Labute approximate surface area is 72.4 Å². The lowest BCUT2D eigenvalue weighted by atomic mass is 10.0. The van der Waals surface area contributed by atoms with Crippen LogP contribution < -0.4 is 0 Å². The highest BCUT2D eigenvalue weighted by molar-refractivity contribution is 4.80. The van der Waals surface area contributed by atoms with Crippen LogP contribution in [-0.4, -0.2) is 0 Å². The Morgan fingerprint density at radius 3 is 2.27 bits per heavy atom. The van der Waals surface area contributed by atoms with Crippen molar-refractivity contribution in [2.24, 2.45) is 0 Å². The van der Waals surface area contributed by atoms with E-state index in [1.807, 2.05) is 0 Å². The quantitative estimate of drug-likeness (QED) is 0.483. The van der Waals surface area contributed by atoms with Gasteiger partial charge >= 0.3 is 0 Å². The zero-order valence-corrected chi connectivity index (χ0v) is 8.16. The van der Waals surface area contributed by atoms with Gasteiger partial charge in [0.05, 0.1) is 0 Å². The molecule has 0 amide bonds. The van der Waals surface area contributed by atoms with Crippen molar-refractivity contribution in [1.29, 1.82) is 0 Å². The molecular weight excluding hydrogens is 132 g/mol. The largest absolute Gasteiger partial charge is 0.0648 e. The molecule has 0 aliphatic heterocycles. The van der Waals surface area contributed by atoms with E-state index in [-0.39, 0.29) is 0 Å². The summed E-state index contributed by atoms with van der Waals surface area (Å²) in [5.74, 6) is 1.65. The topological polar surface area (TPSA) is 0 Å². The molecule has 0 bridgehead atoms. The highest BCUT2D eigenvalue weighted by Crippen LogP contribution is 2.14. The third-order valence-electron chi connectivity index (χ3n) is 2.21. The molecule has 0 atom stereocenters. The van der Waals surface area contributed by atoms with E-state index in [2.05, 4.69) is 20.8 Å². The standard InChI is InChI=1S/C11H22/c1-4-6-7-8-9-10-11(3)5-2/h1,4-10H2,2-3H3. The molecule has 0 aliphatic carbocycles. The first-order valence-electron chi connectivity index (χ1n) is 4.91. The molecule has 0 aromatic rings. The van der Waals surface area contributed by atoms with Crippen molar-refractivity contribution in [3.8, 4) is 0 Å². The highest BCUT2D eigenvalue weighted by Gasteiger charge is 1.97. The third-order valence-corrected chi connectivity index (χ3v) is 2.21. The Bertz CT molecular complexity index is 66.4. The number of hydrogen-bond acceptors (Lipinski definition) is 0. The second kappa shape index (κ2) is 8.10. The Morgan fingerprint density at radius 1 is 1.09 bits per heavy atom. The Balaban J connectivity index is 2.89. The summed E-state index contributed by atoms with van der Waals surface area (Å²) in [6, 6.07) is 0. The van der Waals surface area contributed by atoms with Gasteiger partial charge in [-0.05, 0) is 12.3 Å². The van der Waals surface area contributed by atoms with Crippen molar-refractivity contribution in [3.05, 3.63) is 12.8 Å². The maximum absolute atomic E-state index is 3.83. The van der Waals surface area contributed by atoms with E-state index in [9.17, 15) is 0 Å². The molecular formula is C11H22. The zero-order valence-electron chi connectivity index (χ0n) is 8.16. The lowest BCUT2D eigenvalue weighted by Crippen LogP contribution is -1.88. The Kier molecular flexibility index (Phi) is 8.10. The van der Waals surface area contributed by atoms with Crippen molar-refractivity contribution in [3.63, 3.8) is 0 Å². The molecule has 0 fully saturated rings. The first kappa shape index (κ1) is 11.0. The monoisotopic (exact) mass is 154 g/mol. The number of unbranched alkanes of at least 4 members (excludes halogenated alkanes) is 4. The van der Waals surface area contributed by atoms with Crippen molar-refractivity contribution in [2.75, 3.05) is 0 Å². The lowest BCUT2D eigenvalue weighted by molar-refractivity contribution is 0.611. The second-order valence-corrected chi connectivity index (χ2v) is 3.33. The molecule has 2 radical (unpaired) electrons. The summed E-state index contributed by atoms with van der Waals surface area (Å²) >= 11 is 0. The van der Waals surface area contributed by atoms with Gasteiger partial charge in [-0.15, -0.1) is 0 Å². The molecule has 0 rings (SSSR count). The lowest BCUT2D eigenvalue weighted by Gasteiger charge is -2.06. The van der Waals surface area contributed by atoms with Crippen LogP contribution in [0.25, 0.3) is 0 Å². The molecule has 0 nitrogen and oxygen atoms in total. The van der Waals surface area contributed by atoms with E-state index < -0.39 is 0 Å². The minimum atomic E-state index is 1.11. The minimum Gasteiger partial charge on any atom is -0.0648 e. The molecule has 0 spiro atoms. The van der Waals surface area contributed by atoms with Gasteiger partial charge in [-0.2, -0.15) is 0 Å². The molecule has 0 heteroatoms. The molecule has 0 heterocycles. The molecule has 0 aliphatic rings. The predicted octanol–water partition coefficient (Wildman–Crippen LogP) is 4.17. The van der Waals surface area contributed by atoms with E-state index >= 15 is 0 Å². The van der Waals surface area contributed by atoms with Crippen LogP contribution in [0, 0.1) is 12.8 Å². The van der Waals surface area contributed by atoms with Crippen molar-refractivity contribution in [2.45, 2.75) is 58.8 Å². The zero-order chi connectivity index (χ0) is 8.53. The summed E-state index contributed by atoms with van der Waals surface area (Å²) in [6.45, 7) is 8.34. The minimum absolute atomic E-state index is 1.11. The van der Waals surface area contributed by atoms with E-state index in [0.717, 1.165) is 6.42 Å². The molecule has 0 saturated carbocycles. The highest BCUT2D eigenvalue weighted by atomic mass is 14.0. The molecule has 66 valence electrons. The third kappa shape index (κ3) is 7.90. The summed E-state index contributed by atoms with van der Waals surface area (Å²) in [5.41, 5.74) is 0. The van der Waals surface area contributed by atoms with Crippen LogP contribution >= 0.6 is 0 Å². The predicted molar refractivity (Wildman–Crippen MR) is 52.3 cm³/mol. The van der Waals surface area contributed by atoms with Gasteiger partial charge in [0, 0.05) is 0 Å². The normalized spacial score (nSPS) is 10.9. The molecule has 0 aromatic heterocycles. The summed E-state index contributed by atoms with van der Waals surface area (Å²) in [6.07, 6.45) is 9.18. The Hall–Kier alpha value is 0. The van der Waals surface area contributed by atoms with Crippen LogP contribution in [0.3, 0.4) is 0 Å². The first-order chi connectivity index (χ1) is 5.31. The average Bonchev–Trinajstić information content (AvgIpc) is 2.04. The van der Waals surface area contributed by atoms with E-state index in [4.69, 9.17) is 0 Å². The van der Waals surface area contributed by atoms with E-state index in [1.54, 1.807) is 5.92 Å². The van der Waals surface area contributed by atoms with Gasteiger partial charge in [0.2, 0.25) is 0 Å². The molecule has 0 unspecified atom stereocenters. The van der Waals surface area contributed by atoms with Crippen molar-refractivity contribution >= 4 is 0 Å². The maximum Gasteiger partial charge on any atom is -0.0275 e. The maximum atomic E-state index is 3.83. The van der Waals surface area contributed by atoms with Crippen LogP contribution in [-0.2, 0) is 0 Å². The SMILES string of the molecule is [CH2]CCCCCC[C](C)CC. The van der Waals surface area contributed by atoms with Gasteiger partial charge in [0.25, 0.3) is 0 Å². The fourth-order valence-electron chi connectivity index (χ4n) is 1.13. The van der Waals surface area contributed by atoms with Crippen LogP contribution in [0.2, 0.25) is 0 Å². The number of rotatable bonds is 7. The van der Waals surface area contributed by atoms with Gasteiger partial charge in [-0.3, -0.25) is 0 Å². The van der Waals surface area contributed by atoms with Crippen molar-refractivity contribution < 1.29 is 0 Å². The molecule has 0 aromatic carbocycles. The van der Waals surface area contributed by atoms with Gasteiger partial charge in [0.15, 0.2) is 0 Å². The number of hydrogen-bond donors (Lipinski definition) is 0. The van der Waals surface area contributed by atoms with E-state index in [0.29, 0.717) is 0 Å². The molecule has 0 N–H and O–H groups in total. The van der Waals surface area contributed by atoms with Gasteiger partial charge < -0.3 is 0 Å². The summed E-state index contributed by atoms with van der Waals surface area (Å²) in [5, 5.41) is 0. The summed E-state index contributed by atoms with van der Waals surface area (Å²) in [4.78, 5) is 0. The summed E-state index contributed by atoms with van der Waals surface area (Å²) < 4.78 is 0. The van der Waals surface area contributed by atoms with Crippen LogP contribution in [0.5, 0.6) is 0 Å². The summed E-state index contributed by atoms with van der Waals surface area (Å²) in [7, 11) is 0. The van der Waals surface area contributed by atoms with Gasteiger partial charge in [-0.1, -0.05) is 59.3 Å². The van der Waals surface area contributed by atoms with Crippen LogP contribution in [0.1, 0.15) is 58.8 Å². The van der Waals surface area contributed by atoms with Crippen LogP contribution in [0.15, 0.2) is 0 Å². The fraction of sp³-hybridized carbons (Fsp3) is 0.818. The molecule has 11 heavy (non-hydrogen) atoms. The van der Waals surface area contributed by atoms with Gasteiger partial charge in [-0.25, -0.2) is 0 Å². The van der Waals surface area contributed by atoms with Crippen molar-refractivity contribution in [1.82, 2.24) is 0 Å². The smallest absolute Gasteiger partial charge is 0.0275 e.